The first kappa shape index (κ1) is 18.9. The average molecular weight is 395 g/mol. The van der Waals surface area contributed by atoms with Crippen molar-refractivity contribution in [3.63, 3.8) is 0 Å². The highest BCUT2D eigenvalue weighted by Gasteiger charge is 2.00. The molecule has 2 aromatic carbocycles. The van der Waals surface area contributed by atoms with E-state index in [2.05, 4.69) is 82.7 Å². The minimum absolute atomic E-state index is 0.208. The molecular formula is C22H23BrN2. The molecule has 0 heterocycles. The lowest BCUT2D eigenvalue weighted by molar-refractivity contribution is 0.997. The van der Waals surface area contributed by atoms with Crippen molar-refractivity contribution >= 4 is 27.8 Å². The third-order valence-electron chi connectivity index (χ3n) is 3.74. The summed E-state index contributed by atoms with van der Waals surface area (Å²) in [4.78, 5) is 0. The van der Waals surface area contributed by atoms with Crippen LogP contribution in [0.1, 0.15) is 24.0 Å². The smallest absolute Gasteiger partial charge is 0.118 e. The van der Waals surface area contributed by atoms with Crippen molar-refractivity contribution < 1.29 is 0 Å². The van der Waals surface area contributed by atoms with E-state index in [-0.39, 0.29) is 5.84 Å². The summed E-state index contributed by atoms with van der Waals surface area (Å²) in [6.07, 6.45) is 13.2. The molecule has 25 heavy (non-hydrogen) atoms. The molecule has 0 atom stereocenters. The van der Waals surface area contributed by atoms with Gasteiger partial charge in [-0.15, -0.1) is 0 Å². The fourth-order valence-corrected chi connectivity index (χ4v) is 2.61. The van der Waals surface area contributed by atoms with Crippen LogP contribution < -0.4 is 5.73 Å². The maximum absolute atomic E-state index is 7.06. The number of allylic oxidation sites excluding steroid dienone is 4. The molecule has 0 bridgehead atoms. The van der Waals surface area contributed by atoms with Gasteiger partial charge in [-0.1, -0.05) is 88.8 Å². The monoisotopic (exact) mass is 394 g/mol. The molecule has 3 N–H and O–H groups in total. The van der Waals surface area contributed by atoms with E-state index < -0.39 is 0 Å². The van der Waals surface area contributed by atoms with Crippen LogP contribution in [0.5, 0.6) is 0 Å². The van der Waals surface area contributed by atoms with Gasteiger partial charge in [-0.2, -0.15) is 0 Å². The minimum atomic E-state index is 0.208. The first-order valence-electron chi connectivity index (χ1n) is 8.31. The van der Waals surface area contributed by atoms with Gasteiger partial charge in [-0.05, 0) is 48.1 Å². The summed E-state index contributed by atoms with van der Waals surface area (Å²) in [6, 6.07) is 18.8. The third-order valence-corrected chi connectivity index (χ3v) is 4.27. The lowest BCUT2D eigenvalue weighted by atomic mass is 10.0. The largest absolute Gasteiger partial charge is 0.384 e. The van der Waals surface area contributed by atoms with Crippen molar-refractivity contribution in [2.45, 2.75) is 19.3 Å². The van der Waals surface area contributed by atoms with Gasteiger partial charge in [-0.25, -0.2) is 0 Å². The number of halogens is 1. The van der Waals surface area contributed by atoms with Crippen LogP contribution in [-0.2, 0) is 6.42 Å². The van der Waals surface area contributed by atoms with E-state index >= 15 is 0 Å². The lowest BCUT2D eigenvalue weighted by Crippen LogP contribution is -2.13. The molecule has 0 unspecified atom stereocenters. The summed E-state index contributed by atoms with van der Waals surface area (Å²) < 4.78 is 1.12. The number of nitrogens with one attached hydrogen (secondary N) is 1. The first-order chi connectivity index (χ1) is 12.1. The molecule has 3 heteroatoms. The zero-order valence-electron chi connectivity index (χ0n) is 14.2. The van der Waals surface area contributed by atoms with Crippen molar-refractivity contribution in [1.29, 1.82) is 5.41 Å². The van der Waals surface area contributed by atoms with E-state index in [1.165, 1.54) is 11.1 Å². The molecule has 1 aliphatic carbocycles. The Labute approximate surface area is 158 Å². The topological polar surface area (TPSA) is 49.9 Å². The second-order valence-corrected chi connectivity index (χ2v) is 6.63. The van der Waals surface area contributed by atoms with Crippen LogP contribution in [-0.4, -0.2) is 5.84 Å². The van der Waals surface area contributed by atoms with Crippen molar-refractivity contribution in [1.82, 2.24) is 0 Å². The van der Waals surface area contributed by atoms with Crippen molar-refractivity contribution in [2.75, 3.05) is 0 Å². The average Bonchev–Trinajstić information content (AvgIpc) is 2.65. The second-order valence-electron chi connectivity index (χ2n) is 5.72. The molecule has 1 aliphatic rings. The molecule has 2 aromatic rings. The summed E-state index contributed by atoms with van der Waals surface area (Å²) in [6.45, 7) is 0. The summed E-state index contributed by atoms with van der Waals surface area (Å²) >= 11 is 3.43. The fraction of sp³-hybridized carbons (Fsp3) is 0.136. The molecule has 0 amide bonds. The molecule has 0 spiro atoms. The van der Waals surface area contributed by atoms with Gasteiger partial charge in [0.05, 0.1) is 0 Å². The number of rotatable bonds is 4. The summed E-state index contributed by atoms with van der Waals surface area (Å²) in [5.41, 5.74) is 8.78. The predicted molar refractivity (Wildman–Crippen MR) is 112 cm³/mol. The van der Waals surface area contributed by atoms with Gasteiger partial charge in [-0.3, -0.25) is 5.41 Å². The molecule has 128 valence electrons. The number of hydrogen-bond donors (Lipinski definition) is 2. The fourth-order valence-electron chi connectivity index (χ4n) is 2.35. The van der Waals surface area contributed by atoms with Crippen molar-refractivity contribution in [3.8, 4) is 0 Å². The van der Waals surface area contributed by atoms with E-state index in [1.54, 1.807) is 0 Å². The van der Waals surface area contributed by atoms with E-state index in [4.69, 9.17) is 11.1 Å². The second kappa shape index (κ2) is 10.5. The summed E-state index contributed by atoms with van der Waals surface area (Å²) in [5.74, 6) is 0.208. The summed E-state index contributed by atoms with van der Waals surface area (Å²) in [5, 5.41) is 7.06. The van der Waals surface area contributed by atoms with Crippen LogP contribution >= 0.6 is 15.9 Å². The normalized spacial score (nSPS) is 13.1. The molecule has 3 rings (SSSR count). The van der Waals surface area contributed by atoms with Gasteiger partial charge in [0.25, 0.3) is 0 Å². The molecule has 0 radical (unpaired) electrons. The van der Waals surface area contributed by atoms with Crippen LogP contribution in [0.2, 0.25) is 0 Å². The maximum atomic E-state index is 7.06. The van der Waals surface area contributed by atoms with Gasteiger partial charge in [0.1, 0.15) is 5.84 Å². The highest BCUT2D eigenvalue weighted by molar-refractivity contribution is 9.10. The Morgan fingerprint density at radius 2 is 1.80 bits per heavy atom. The van der Waals surface area contributed by atoms with Gasteiger partial charge in [0, 0.05) is 4.47 Å². The maximum Gasteiger partial charge on any atom is 0.118 e. The number of hydrogen-bond acceptors (Lipinski definition) is 1. The van der Waals surface area contributed by atoms with E-state index in [0.29, 0.717) is 0 Å². The van der Waals surface area contributed by atoms with E-state index in [0.717, 1.165) is 29.3 Å². The lowest BCUT2D eigenvalue weighted by Gasteiger charge is -2.04. The zero-order chi connectivity index (χ0) is 17.9. The number of amidine groups is 1. The van der Waals surface area contributed by atoms with Crippen LogP contribution in [0.3, 0.4) is 0 Å². The van der Waals surface area contributed by atoms with E-state index in [9.17, 15) is 0 Å². The Hall–Kier alpha value is -2.39. The molecular weight excluding hydrogens is 372 g/mol. The molecule has 0 saturated carbocycles. The standard InChI is InChI=1S/C15H13Br.C7H10N2/c16-15-11-9-14(10-12-15)8-4-7-13-5-2-1-3-6-13;8-7(9)6-4-2-1-3-5-6/h1-6,8-12H,7H2;1-2,4H,3,5H2,(H3,8,9)/b8-4+;. The highest BCUT2D eigenvalue weighted by atomic mass is 79.9. The Morgan fingerprint density at radius 1 is 1.08 bits per heavy atom. The van der Waals surface area contributed by atoms with Crippen LogP contribution in [0, 0.1) is 5.41 Å². The van der Waals surface area contributed by atoms with Crippen molar-refractivity contribution in [2.24, 2.45) is 5.73 Å². The van der Waals surface area contributed by atoms with Gasteiger partial charge in [0.15, 0.2) is 0 Å². The molecule has 2 nitrogen and oxygen atoms in total. The Kier molecular flexibility index (Phi) is 7.93. The van der Waals surface area contributed by atoms with Crippen LogP contribution in [0.15, 0.2) is 88.9 Å². The van der Waals surface area contributed by atoms with Crippen LogP contribution in [0.25, 0.3) is 6.08 Å². The Balaban J connectivity index is 0.000000212. The Morgan fingerprint density at radius 3 is 2.36 bits per heavy atom. The van der Waals surface area contributed by atoms with Gasteiger partial charge in [0.2, 0.25) is 0 Å². The first-order valence-corrected chi connectivity index (χ1v) is 9.10. The molecule has 0 aromatic heterocycles. The van der Waals surface area contributed by atoms with Crippen molar-refractivity contribution in [3.05, 3.63) is 100 Å². The predicted octanol–water partition coefficient (Wildman–Crippen LogP) is 5.90. The summed E-state index contributed by atoms with van der Waals surface area (Å²) in [7, 11) is 0. The number of benzene rings is 2. The minimum Gasteiger partial charge on any atom is -0.384 e. The molecule has 0 aliphatic heterocycles. The quantitative estimate of drug-likeness (QED) is 0.491. The number of nitrogens with two attached hydrogens (primary N) is 1. The van der Waals surface area contributed by atoms with Crippen LogP contribution in [0.4, 0.5) is 0 Å². The highest BCUT2D eigenvalue weighted by Crippen LogP contribution is 2.12. The SMILES string of the molecule is Brc1ccc(/C=C/Cc2ccccc2)cc1.N=C(N)C1=CC=CCC1. The van der Waals surface area contributed by atoms with Gasteiger partial charge >= 0.3 is 0 Å². The molecule has 0 fully saturated rings. The molecule has 0 saturated heterocycles. The van der Waals surface area contributed by atoms with Gasteiger partial charge < -0.3 is 5.73 Å². The third kappa shape index (κ3) is 7.36. The Bertz CT molecular complexity index is 756. The van der Waals surface area contributed by atoms with E-state index in [1.807, 2.05) is 18.2 Å². The zero-order valence-corrected chi connectivity index (χ0v) is 15.7.